The van der Waals surface area contributed by atoms with Gasteiger partial charge < -0.3 is 15.8 Å². The average molecular weight is 520 g/mol. The molecule has 5 nitrogen and oxygen atoms in total. The van der Waals surface area contributed by atoms with Gasteiger partial charge in [0.2, 0.25) is 0 Å². The molecule has 0 aliphatic rings. The molecule has 2 heterocycles. The average Bonchev–Trinajstić information content (AvgIpc) is 3.22. The molecule has 1 amide bonds. The van der Waals surface area contributed by atoms with Gasteiger partial charge in [0.15, 0.2) is 0 Å². The predicted octanol–water partition coefficient (Wildman–Crippen LogP) is 7.78. The molecule has 0 saturated heterocycles. The lowest BCUT2D eigenvalue weighted by Gasteiger charge is -2.10. The maximum atomic E-state index is 13.2. The minimum Gasteiger partial charge on any atom is -0.497 e. The number of nitrogens with one attached hydrogen (secondary N) is 1. The fourth-order valence-electron chi connectivity index (χ4n) is 3.80. The highest BCUT2D eigenvalue weighted by Gasteiger charge is 2.22. The molecule has 3 N–H and O–H groups in total. The monoisotopic (exact) mass is 519 g/mol. The van der Waals surface area contributed by atoms with E-state index in [0.717, 1.165) is 33.5 Å². The third-order valence-corrected chi connectivity index (χ3v) is 7.25. The predicted molar refractivity (Wildman–Crippen MR) is 146 cm³/mol. The first-order valence-corrected chi connectivity index (χ1v) is 12.2. The van der Waals surface area contributed by atoms with E-state index in [1.54, 1.807) is 31.4 Å². The molecule has 0 spiro atoms. The lowest BCUT2D eigenvalue weighted by Crippen LogP contribution is -2.12. The Labute approximate surface area is 216 Å². The number of anilines is 2. The summed E-state index contributed by atoms with van der Waals surface area (Å²) in [7, 11) is 1.63. The van der Waals surface area contributed by atoms with Crippen LogP contribution in [0.25, 0.3) is 32.6 Å². The summed E-state index contributed by atoms with van der Waals surface area (Å²) in [5.74, 6) is 0.415. The summed E-state index contributed by atoms with van der Waals surface area (Å²) in [5.41, 5.74) is 10.9. The Kier molecular flexibility index (Phi) is 6.34. The van der Waals surface area contributed by atoms with E-state index in [9.17, 15) is 4.79 Å². The molecule has 0 radical (unpaired) electrons. The van der Waals surface area contributed by atoms with Crippen molar-refractivity contribution < 1.29 is 9.53 Å². The molecule has 0 unspecified atom stereocenters. The Morgan fingerprint density at radius 3 is 2.34 bits per heavy atom. The molecule has 174 valence electrons. The fourth-order valence-corrected chi connectivity index (χ4v) is 5.12. The van der Waals surface area contributed by atoms with E-state index in [2.05, 4.69) is 5.32 Å². The number of aromatic nitrogens is 1. The SMILES string of the molecule is COc1ccc(-c2cc(-c3ccc(Cl)cc3)c3c(N)c(C(=O)Nc4ccccc4Cl)sc3n2)cc1. The minimum atomic E-state index is -0.341. The van der Waals surface area contributed by atoms with Crippen molar-refractivity contribution in [2.24, 2.45) is 0 Å². The van der Waals surface area contributed by atoms with E-state index in [4.69, 9.17) is 38.7 Å². The van der Waals surface area contributed by atoms with E-state index in [0.29, 0.717) is 31.1 Å². The number of fused-ring (bicyclic) bond motifs is 1. The van der Waals surface area contributed by atoms with Crippen LogP contribution in [-0.2, 0) is 0 Å². The van der Waals surface area contributed by atoms with Crippen molar-refractivity contribution in [1.82, 2.24) is 4.98 Å². The summed E-state index contributed by atoms with van der Waals surface area (Å²) in [5, 5.41) is 4.65. The van der Waals surface area contributed by atoms with Crippen molar-refractivity contribution in [3.05, 3.63) is 93.8 Å². The van der Waals surface area contributed by atoms with Gasteiger partial charge in [-0.1, -0.05) is 47.5 Å². The fraction of sp³-hybridized carbons (Fsp3) is 0.0370. The molecular weight excluding hydrogens is 501 g/mol. The standard InChI is InChI=1S/C27H19Cl2N3O2S/c1-34-18-12-8-16(9-13-18)22-14-19(15-6-10-17(28)11-7-15)23-24(30)25(35-27(23)32-22)26(33)31-21-5-3-2-4-20(21)29/h2-14H,30H2,1H3,(H,31,33). The third kappa shape index (κ3) is 4.56. The van der Waals surface area contributed by atoms with Crippen molar-refractivity contribution in [3.8, 4) is 28.1 Å². The van der Waals surface area contributed by atoms with Gasteiger partial charge in [0.05, 0.1) is 29.2 Å². The van der Waals surface area contributed by atoms with Crippen molar-refractivity contribution in [1.29, 1.82) is 0 Å². The van der Waals surface area contributed by atoms with Crippen LogP contribution in [0.2, 0.25) is 10.0 Å². The molecule has 8 heteroatoms. The molecular formula is C27H19Cl2N3O2S. The number of ether oxygens (including phenoxy) is 1. The molecule has 0 atom stereocenters. The Morgan fingerprint density at radius 1 is 0.971 bits per heavy atom. The van der Waals surface area contributed by atoms with Crippen molar-refractivity contribution in [3.63, 3.8) is 0 Å². The molecule has 0 aliphatic heterocycles. The number of hydrogen-bond acceptors (Lipinski definition) is 5. The molecule has 3 aromatic carbocycles. The zero-order valence-corrected chi connectivity index (χ0v) is 20.8. The van der Waals surface area contributed by atoms with Gasteiger partial charge in [-0.2, -0.15) is 0 Å². The van der Waals surface area contributed by atoms with E-state index in [1.807, 2.05) is 54.6 Å². The van der Waals surface area contributed by atoms with Crippen molar-refractivity contribution >= 4 is 62.0 Å². The van der Waals surface area contributed by atoms with Crippen molar-refractivity contribution in [2.45, 2.75) is 0 Å². The Bertz CT molecular complexity index is 1550. The van der Waals surface area contributed by atoms with Gasteiger partial charge in [0.1, 0.15) is 15.5 Å². The summed E-state index contributed by atoms with van der Waals surface area (Å²) < 4.78 is 5.28. The lowest BCUT2D eigenvalue weighted by molar-refractivity contribution is 0.103. The highest BCUT2D eigenvalue weighted by atomic mass is 35.5. The van der Waals surface area contributed by atoms with E-state index >= 15 is 0 Å². The van der Waals surface area contributed by atoms with Gasteiger partial charge in [-0.3, -0.25) is 4.79 Å². The molecule has 0 bridgehead atoms. The summed E-state index contributed by atoms with van der Waals surface area (Å²) in [6, 6.07) is 24.2. The number of nitrogen functional groups attached to an aromatic ring is 1. The normalized spacial score (nSPS) is 10.9. The number of thiophene rings is 1. The van der Waals surface area contributed by atoms with Crippen LogP contribution in [0.3, 0.4) is 0 Å². The number of rotatable bonds is 5. The summed E-state index contributed by atoms with van der Waals surface area (Å²) in [4.78, 5) is 19.1. The third-order valence-electron chi connectivity index (χ3n) is 5.57. The number of para-hydroxylation sites is 1. The molecule has 35 heavy (non-hydrogen) atoms. The van der Waals surface area contributed by atoms with Crippen LogP contribution in [-0.4, -0.2) is 18.0 Å². The van der Waals surface area contributed by atoms with Gasteiger partial charge in [0.25, 0.3) is 5.91 Å². The second kappa shape index (κ2) is 9.58. The van der Waals surface area contributed by atoms with Crippen molar-refractivity contribution in [2.75, 3.05) is 18.2 Å². The Balaban J connectivity index is 1.67. The zero-order valence-electron chi connectivity index (χ0n) is 18.5. The van der Waals surface area contributed by atoms with Crippen LogP contribution >= 0.6 is 34.5 Å². The Morgan fingerprint density at radius 2 is 1.66 bits per heavy atom. The molecule has 2 aromatic heterocycles. The highest BCUT2D eigenvalue weighted by molar-refractivity contribution is 7.21. The molecule has 0 aliphatic carbocycles. The maximum absolute atomic E-state index is 13.2. The number of pyridine rings is 1. The molecule has 5 aromatic rings. The van der Waals surface area contributed by atoms with Gasteiger partial charge >= 0.3 is 0 Å². The lowest BCUT2D eigenvalue weighted by atomic mass is 9.99. The molecule has 0 saturated carbocycles. The topological polar surface area (TPSA) is 77.2 Å². The smallest absolute Gasteiger partial charge is 0.267 e. The first-order valence-electron chi connectivity index (χ1n) is 10.6. The first kappa shape index (κ1) is 23.2. The van der Waals surface area contributed by atoms with E-state index in [-0.39, 0.29) is 5.91 Å². The largest absolute Gasteiger partial charge is 0.497 e. The highest BCUT2D eigenvalue weighted by Crippen LogP contribution is 2.42. The quantitative estimate of drug-likeness (QED) is 0.248. The Hall–Kier alpha value is -3.58. The van der Waals surface area contributed by atoms with Crippen LogP contribution in [0.4, 0.5) is 11.4 Å². The second-order valence-electron chi connectivity index (χ2n) is 7.75. The van der Waals surface area contributed by atoms with Gasteiger partial charge in [-0.15, -0.1) is 11.3 Å². The molecule has 0 fully saturated rings. The van der Waals surface area contributed by atoms with Gasteiger partial charge in [-0.05, 0) is 65.7 Å². The van der Waals surface area contributed by atoms with E-state index < -0.39 is 0 Å². The number of carbonyl (C=O) groups excluding carboxylic acids is 1. The summed E-state index contributed by atoms with van der Waals surface area (Å²) in [6.45, 7) is 0. The number of nitrogens with two attached hydrogens (primary N) is 1. The number of halogens is 2. The maximum Gasteiger partial charge on any atom is 0.267 e. The van der Waals surface area contributed by atoms with Crippen LogP contribution in [0.1, 0.15) is 9.67 Å². The van der Waals surface area contributed by atoms with Crippen LogP contribution < -0.4 is 15.8 Å². The second-order valence-corrected chi connectivity index (χ2v) is 9.59. The number of benzene rings is 3. The number of methoxy groups -OCH3 is 1. The van der Waals surface area contributed by atoms with Crippen LogP contribution in [0.5, 0.6) is 5.75 Å². The molecule has 5 rings (SSSR count). The van der Waals surface area contributed by atoms with Gasteiger partial charge in [0, 0.05) is 16.0 Å². The summed E-state index contributed by atoms with van der Waals surface area (Å²) in [6.07, 6.45) is 0. The van der Waals surface area contributed by atoms with Crippen LogP contribution in [0.15, 0.2) is 78.9 Å². The summed E-state index contributed by atoms with van der Waals surface area (Å²) >= 11 is 13.6. The van der Waals surface area contributed by atoms with E-state index in [1.165, 1.54) is 11.3 Å². The number of hydrogen-bond donors (Lipinski definition) is 2. The first-order chi connectivity index (χ1) is 16.9. The zero-order chi connectivity index (χ0) is 24.5. The van der Waals surface area contributed by atoms with Gasteiger partial charge in [-0.25, -0.2) is 4.98 Å². The number of carbonyl (C=O) groups is 1. The number of amides is 1. The van der Waals surface area contributed by atoms with Crippen LogP contribution in [0, 0.1) is 0 Å². The number of nitrogens with zero attached hydrogens (tertiary/aromatic N) is 1. The minimum absolute atomic E-state index is 0.341.